The fourth-order valence-corrected chi connectivity index (χ4v) is 10.6. The van der Waals surface area contributed by atoms with Crippen LogP contribution in [0, 0.1) is 0 Å². The van der Waals surface area contributed by atoms with Crippen LogP contribution in [-0.2, 0) is 0 Å². The van der Waals surface area contributed by atoms with Crippen LogP contribution in [0.25, 0.3) is 99.5 Å². The second-order valence-electron chi connectivity index (χ2n) is 19.0. The van der Waals surface area contributed by atoms with Crippen molar-refractivity contribution in [1.29, 1.82) is 0 Å². The summed E-state index contributed by atoms with van der Waals surface area (Å²) in [5.74, 6) is 0. The van der Waals surface area contributed by atoms with Crippen molar-refractivity contribution in [3.05, 3.63) is 308 Å². The summed E-state index contributed by atoms with van der Waals surface area (Å²) in [6.07, 6.45) is 0. The summed E-state index contributed by atoms with van der Waals surface area (Å²) in [6, 6.07) is 106. The van der Waals surface area contributed by atoms with E-state index in [1.165, 1.54) is 93.8 Å². The highest BCUT2D eigenvalue weighted by molar-refractivity contribution is 9.10. The number of aromatic nitrogens is 2. The molecule has 0 spiro atoms. The molecule has 0 bridgehead atoms. The molecule has 2 heterocycles. The third-order valence-electron chi connectivity index (χ3n) is 14.1. The van der Waals surface area contributed by atoms with Gasteiger partial charge in [0.2, 0.25) is 0 Å². The molecule has 4 nitrogen and oxygen atoms in total. The minimum absolute atomic E-state index is 0.785. The first-order valence-electron chi connectivity index (χ1n) is 25.9. The molecule has 12 aromatic carbocycles. The van der Waals surface area contributed by atoms with E-state index in [9.17, 15) is 0 Å². The van der Waals surface area contributed by atoms with Gasteiger partial charge in [0.15, 0.2) is 0 Å². The minimum Gasteiger partial charge on any atom is -0.399 e. The first-order chi connectivity index (χ1) is 38.0. The zero-order chi connectivity index (χ0) is 51.9. The predicted octanol–water partition coefficient (Wildman–Crippen LogP) is 20.0. The molecule has 0 saturated carbocycles. The Labute approximate surface area is 457 Å². The molecule has 0 aliphatic carbocycles. The van der Waals surface area contributed by atoms with Gasteiger partial charge in [-0.1, -0.05) is 222 Å². The molecule has 2 aromatic heterocycles. The number of nitrogen functional groups attached to an aromatic ring is 1. The van der Waals surface area contributed by atoms with Crippen LogP contribution < -0.4 is 11.1 Å². The molecule has 0 aliphatic heterocycles. The average Bonchev–Trinajstić information content (AvgIpc) is 4.05. The number of hydrogen-bond donors (Lipinski definition) is 2. The van der Waals surface area contributed by atoms with E-state index < -0.39 is 0 Å². The number of benzene rings is 12. The van der Waals surface area contributed by atoms with E-state index in [2.05, 4.69) is 309 Å². The van der Waals surface area contributed by atoms with E-state index in [0.717, 1.165) is 27.2 Å². The number of para-hydroxylation sites is 4. The Kier molecular flexibility index (Phi) is 13.8. The quantitative estimate of drug-likeness (QED) is 0.149. The van der Waals surface area contributed by atoms with Crippen molar-refractivity contribution in [3.8, 4) is 55.9 Å². The molecule has 0 unspecified atom stereocenters. The average molecular weight is 1050 g/mol. The van der Waals surface area contributed by atoms with Crippen molar-refractivity contribution in [2.75, 3.05) is 11.1 Å². The number of halogens is 1. The van der Waals surface area contributed by atoms with Gasteiger partial charge in [-0.05, 0) is 142 Å². The summed E-state index contributed by atoms with van der Waals surface area (Å²) in [5.41, 5.74) is 25.7. The smallest absolute Gasteiger partial charge is 0.0541 e. The highest BCUT2D eigenvalue weighted by atomic mass is 79.9. The summed E-state index contributed by atoms with van der Waals surface area (Å²) < 4.78 is 5.82. The Morgan fingerprint density at radius 1 is 0.260 bits per heavy atom. The predicted molar refractivity (Wildman–Crippen MR) is 332 cm³/mol. The Morgan fingerprint density at radius 2 is 0.545 bits per heavy atom. The maximum absolute atomic E-state index is 5.83. The van der Waals surface area contributed by atoms with Gasteiger partial charge in [-0.2, -0.15) is 0 Å². The summed E-state index contributed by atoms with van der Waals surface area (Å²) in [7, 11) is 0. The Morgan fingerprint density at radius 3 is 0.922 bits per heavy atom. The lowest BCUT2D eigenvalue weighted by molar-refractivity contribution is 1.18. The first-order valence-corrected chi connectivity index (χ1v) is 26.7. The molecule has 0 aliphatic rings. The van der Waals surface area contributed by atoms with Gasteiger partial charge in [0, 0.05) is 54.5 Å². The number of nitrogens with two attached hydrogens (primary N) is 1. The number of hydrogen-bond acceptors (Lipinski definition) is 2. The van der Waals surface area contributed by atoms with Gasteiger partial charge in [-0.25, -0.2) is 0 Å². The number of fused-ring (bicyclic) bond motifs is 6. The van der Waals surface area contributed by atoms with Gasteiger partial charge >= 0.3 is 0 Å². The third-order valence-corrected chi connectivity index (χ3v) is 14.6. The van der Waals surface area contributed by atoms with Crippen molar-refractivity contribution in [3.63, 3.8) is 0 Å². The van der Waals surface area contributed by atoms with Crippen LogP contribution in [0.5, 0.6) is 0 Å². The fourth-order valence-electron chi connectivity index (χ4n) is 10.3. The summed E-state index contributed by atoms with van der Waals surface area (Å²) >= 11 is 3.42. The van der Waals surface area contributed by atoms with Crippen LogP contribution in [0.2, 0.25) is 0 Å². The number of anilines is 3. The lowest BCUT2D eigenvalue weighted by Gasteiger charge is -2.11. The van der Waals surface area contributed by atoms with Gasteiger partial charge in [-0.15, -0.1) is 0 Å². The van der Waals surface area contributed by atoms with Gasteiger partial charge in [0.1, 0.15) is 0 Å². The van der Waals surface area contributed by atoms with E-state index in [1.54, 1.807) is 0 Å². The van der Waals surface area contributed by atoms with Crippen LogP contribution in [-0.4, -0.2) is 9.13 Å². The highest BCUT2D eigenvalue weighted by Crippen LogP contribution is 2.36. The second-order valence-corrected chi connectivity index (χ2v) is 19.9. The largest absolute Gasteiger partial charge is 0.399 e. The Bertz CT molecular complexity index is 4170. The molecule has 14 rings (SSSR count). The zero-order valence-corrected chi connectivity index (χ0v) is 43.8. The van der Waals surface area contributed by atoms with E-state index in [4.69, 9.17) is 5.73 Å². The SMILES string of the molecule is Brc1ccc(-c2ccccc2)cc1.Nc1ccc(-c2cccc(-n3c4ccccc4c4ccccc43)c2)cc1.c1ccc(-c2ccc(Nc3ccc(-c4cccc(-n5c6ccccc6c6ccccc65)c4)cc3)cc2)cc1. The Balaban J connectivity index is 0.000000131. The lowest BCUT2D eigenvalue weighted by Crippen LogP contribution is -1.94. The van der Waals surface area contributed by atoms with Crippen LogP contribution in [0.1, 0.15) is 0 Å². The van der Waals surface area contributed by atoms with Crippen molar-refractivity contribution in [1.82, 2.24) is 9.13 Å². The summed E-state index contributed by atoms with van der Waals surface area (Å²) in [4.78, 5) is 0. The minimum atomic E-state index is 0.785. The van der Waals surface area contributed by atoms with Gasteiger partial charge in [0.05, 0.1) is 22.1 Å². The number of nitrogens with one attached hydrogen (secondary N) is 1. The number of rotatable bonds is 8. The normalized spacial score (nSPS) is 11.0. The fraction of sp³-hybridized carbons (Fsp3) is 0. The summed E-state index contributed by atoms with van der Waals surface area (Å²) in [5, 5.41) is 8.65. The van der Waals surface area contributed by atoms with Crippen molar-refractivity contribution in [2.45, 2.75) is 0 Å². The van der Waals surface area contributed by atoms with E-state index >= 15 is 0 Å². The molecule has 5 heteroatoms. The first kappa shape index (κ1) is 48.3. The lowest BCUT2D eigenvalue weighted by atomic mass is 10.0. The standard InChI is InChI=1S/C36H26N2.C24H18N2.C12H9Br/c1-2-9-26(10-3-1)27-17-21-30(22-18-27)37-31-23-19-28(20-24-31)29-11-8-12-32(25-29)38-35-15-6-4-13-33(35)34-14-5-7-16-36(34)38;25-19-14-12-17(13-15-19)18-6-5-7-20(16-18)26-23-10-3-1-8-21(23)22-9-2-4-11-24(22)26;13-12-8-6-11(7-9-12)10-4-2-1-3-5-10/h1-25,37H;1-16H,25H2;1-9H. The van der Waals surface area contributed by atoms with Crippen LogP contribution in [0.3, 0.4) is 0 Å². The Hall–Kier alpha value is -9.68. The van der Waals surface area contributed by atoms with Crippen LogP contribution in [0.4, 0.5) is 17.1 Å². The maximum Gasteiger partial charge on any atom is 0.0541 e. The molecule has 77 heavy (non-hydrogen) atoms. The van der Waals surface area contributed by atoms with Crippen molar-refractivity contribution in [2.24, 2.45) is 0 Å². The molecule has 0 atom stereocenters. The molecule has 3 N–H and O–H groups in total. The zero-order valence-electron chi connectivity index (χ0n) is 42.2. The maximum atomic E-state index is 5.83. The van der Waals surface area contributed by atoms with E-state index in [1.807, 2.05) is 24.3 Å². The van der Waals surface area contributed by atoms with Crippen LogP contribution in [0.15, 0.2) is 308 Å². The molecular weight excluding hydrogens is 1000 g/mol. The third kappa shape index (κ3) is 10.4. The van der Waals surface area contributed by atoms with E-state index in [-0.39, 0.29) is 0 Å². The molecular formula is C72H53BrN4. The van der Waals surface area contributed by atoms with Crippen LogP contribution >= 0.6 is 15.9 Å². The van der Waals surface area contributed by atoms with Gasteiger partial charge in [-0.3, -0.25) is 0 Å². The van der Waals surface area contributed by atoms with Crippen molar-refractivity contribution >= 4 is 76.6 Å². The summed E-state index contributed by atoms with van der Waals surface area (Å²) in [6.45, 7) is 0. The number of nitrogens with zero attached hydrogens (tertiary/aromatic N) is 2. The van der Waals surface area contributed by atoms with Crippen molar-refractivity contribution < 1.29 is 0 Å². The van der Waals surface area contributed by atoms with Gasteiger partial charge < -0.3 is 20.2 Å². The molecule has 0 saturated heterocycles. The van der Waals surface area contributed by atoms with Gasteiger partial charge in [0.25, 0.3) is 0 Å². The molecule has 0 amide bonds. The monoisotopic (exact) mass is 1050 g/mol. The van der Waals surface area contributed by atoms with E-state index in [0.29, 0.717) is 0 Å². The second kappa shape index (κ2) is 22.0. The molecule has 14 aromatic rings. The highest BCUT2D eigenvalue weighted by Gasteiger charge is 2.14. The molecule has 368 valence electrons. The molecule has 0 radical (unpaired) electrons. The topological polar surface area (TPSA) is 47.9 Å². The molecule has 0 fully saturated rings.